The highest BCUT2D eigenvalue weighted by atomic mass is 16.5. The second-order valence-corrected chi connectivity index (χ2v) is 7.97. The van der Waals surface area contributed by atoms with E-state index >= 15 is 0 Å². The van der Waals surface area contributed by atoms with Crippen LogP contribution in [0.1, 0.15) is 62.7 Å². The molecule has 3 N–H and O–H groups in total. The lowest BCUT2D eigenvalue weighted by molar-refractivity contribution is -0.0250. The van der Waals surface area contributed by atoms with E-state index in [2.05, 4.69) is 48.7 Å². The average Bonchev–Trinajstić information content (AvgIpc) is 2.69. The Bertz CT molecular complexity index is 594. The van der Waals surface area contributed by atoms with Crippen LogP contribution in [0.2, 0.25) is 0 Å². The van der Waals surface area contributed by atoms with Crippen molar-refractivity contribution in [3.05, 3.63) is 35.4 Å². The first kappa shape index (κ1) is 20.2. The summed E-state index contributed by atoms with van der Waals surface area (Å²) in [6, 6.07) is 9.12. The van der Waals surface area contributed by atoms with Crippen molar-refractivity contribution >= 4 is 5.96 Å². The third-order valence-electron chi connectivity index (χ3n) is 5.72. The Labute approximate surface area is 163 Å². The second-order valence-electron chi connectivity index (χ2n) is 7.97. The summed E-state index contributed by atoms with van der Waals surface area (Å²) in [6.45, 7) is 6.67. The summed E-state index contributed by atoms with van der Waals surface area (Å²) in [6.07, 6.45) is 6.03. The molecule has 1 aliphatic heterocycles. The standard InChI is InChI=1S/C22H35N3O2/c1-3-23-22(25-19-10-12-20(26)13-11-19)24-15-18-5-4-14-27-21(18)17-8-6-16(2)7-9-17/h6-9,18-21,26H,3-5,10-15H2,1-2H3,(H2,23,24,25). The fourth-order valence-corrected chi connectivity index (χ4v) is 4.10. The van der Waals surface area contributed by atoms with Gasteiger partial charge in [-0.3, -0.25) is 4.99 Å². The van der Waals surface area contributed by atoms with Crippen LogP contribution in [0.4, 0.5) is 0 Å². The molecule has 2 fully saturated rings. The number of aliphatic hydroxyl groups excluding tert-OH is 1. The van der Waals surface area contributed by atoms with Crippen LogP contribution in [0.25, 0.3) is 0 Å². The number of benzene rings is 1. The smallest absolute Gasteiger partial charge is 0.191 e. The van der Waals surface area contributed by atoms with E-state index in [9.17, 15) is 5.11 Å². The van der Waals surface area contributed by atoms with E-state index in [4.69, 9.17) is 9.73 Å². The summed E-state index contributed by atoms with van der Waals surface area (Å²) >= 11 is 0. The number of hydrogen-bond donors (Lipinski definition) is 3. The molecule has 0 spiro atoms. The van der Waals surface area contributed by atoms with Gasteiger partial charge in [-0.1, -0.05) is 29.8 Å². The van der Waals surface area contributed by atoms with Gasteiger partial charge in [-0.15, -0.1) is 0 Å². The number of ether oxygens (including phenoxy) is 1. The lowest BCUT2D eigenvalue weighted by Crippen LogP contribution is -2.45. The van der Waals surface area contributed by atoms with Gasteiger partial charge in [-0.05, 0) is 57.9 Å². The molecule has 5 heteroatoms. The van der Waals surface area contributed by atoms with E-state index in [1.807, 2.05) is 0 Å². The first-order chi connectivity index (χ1) is 13.2. The monoisotopic (exact) mass is 373 g/mol. The van der Waals surface area contributed by atoms with Crippen molar-refractivity contribution in [1.82, 2.24) is 10.6 Å². The topological polar surface area (TPSA) is 65.9 Å². The highest BCUT2D eigenvalue weighted by Gasteiger charge is 2.27. The Morgan fingerprint density at radius 3 is 2.59 bits per heavy atom. The van der Waals surface area contributed by atoms with Crippen LogP contribution in [0.15, 0.2) is 29.3 Å². The van der Waals surface area contributed by atoms with Gasteiger partial charge >= 0.3 is 0 Å². The normalized spacial score (nSPS) is 29.4. The minimum atomic E-state index is -0.128. The van der Waals surface area contributed by atoms with Gasteiger partial charge in [0.25, 0.3) is 0 Å². The number of aliphatic imine (C=N–C) groups is 1. The van der Waals surface area contributed by atoms with E-state index in [1.165, 1.54) is 11.1 Å². The number of aliphatic hydroxyl groups is 1. The van der Waals surface area contributed by atoms with Gasteiger partial charge in [-0.2, -0.15) is 0 Å². The summed E-state index contributed by atoms with van der Waals surface area (Å²) in [5.41, 5.74) is 2.54. The molecule has 1 saturated carbocycles. The maximum absolute atomic E-state index is 9.70. The molecule has 27 heavy (non-hydrogen) atoms. The molecule has 150 valence electrons. The largest absolute Gasteiger partial charge is 0.393 e. The molecule has 0 aromatic heterocycles. The molecule has 1 saturated heterocycles. The van der Waals surface area contributed by atoms with Crippen molar-refractivity contribution in [1.29, 1.82) is 0 Å². The summed E-state index contributed by atoms with van der Waals surface area (Å²) in [5.74, 6) is 1.30. The second kappa shape index (κ2) is 10.1. The zero-order valence-electron chi connectivity index (χ0n) is 16.8. The van der Waals surface area contributed by atoms with Crippen LogP contribution in [0, 0.1) is 12.8 Å². The van der Waals surface area contributed by atoms with E-state index in [0.29, 0.717) is 12.0 Å². The summed E-state index contributed by atoms with van der Waals surface area (Å²) in [5, 5.41) is 16.6. The molecular formula is C22H35N3O2. The van der Waals surface area contributed by atoms with Gasteiger partial charge in [0.05, 0.1) is 12.2 Å². The minimum absolute atomic E-state index is 0.128. The predicted molar refractivity (Wildman–Crippen MR) is 110 cm³/mol. The quantitative estimate of drug-likeness (QED) is 0.547. The van der Waals surface area contributed by atoms with Crippen molar-refractivity contribution in [2.75, 3.05) is 19.7 Å². The molecule has 1 aliphatic carbocycles. The molecule has 2 atom stereocenters. The van der Waals surface area contributed by atoms with Crippen LogP contribution in [0.3, 0.4) is 0 Å². The number of guanidine groups is 1. The number of hydrogen-bond acceptors (Lipinski definition) is 3. The molecule has 1 aromatic carbocycles. The van der Waals surface area contributed by atoms with Crippen LogP contribution >= 0.6 is 0 Å². The fraction of sp³-hybridized carbons (Fsp3) is 0.682. The first-order valence-electron chi connectivity index (χ1n) is 10.6. The molecule has 5 nitrogen and oxygen atoms in total. The zero-order valence-corrected chi connectivity index (χ0v) is 16.8. The first-order valence-corrected chi connectivity index (χ1v) is 10.6. The zero-order chi connectivity index (χ0) is 19.1. The van der Waals surface area contributed by atoms with Crippen LogP contribution < -0.4 is 10.6 Å². The molecule has 2 aliphatic rings. The van der Waals surface area contributed by atoms with Crippen molar-refractivity contribution in [2.45, 2.75) is 70.6 Å². The molecule has 0 radical (unpaired) electrons. The Morgan fingerprint density at radius 2 is 1.89 bits per heavy atom. The van der Waals surface area contributed by atoms with Crippen LogP contribution in [-0.2, 0) is 4.74 Å². The van der Waals surface area contributed by atoms with Crippen molar-refractivity contribution in [3.63, 3.8) is 0 Å². The fourth-order valence-electron chi connectivity index (χ4n) is 4.10. The summed E-state index contributed by atoms with van der Waals surface area (Å²) < 4.78 is 6.13. The third kappa shape index (κ3) is 5.94. The number of nitrogens with one attached hydrogen (secondary N) is 2. The van der Waals surface area contributed by atoms with Gasteiger partial charge < -0.3 is 20.5 Å². The van der Waals surface area contributed by atoms with Crippen LogP contribution in [-0.4, -0.2) is 42.9 Å². The summed E-state index contributed by atoms with van der Waals surface area (Å²) in [7, 11) is 0. The maximum Gasteiger partial charge on any atom is 0.191 e. The maximum atomic E-state index is 9.70. The highest BCUT2D eigenvalue weighted by Crippen LogP contribution is 2.34. The molecule has 3 rings (SSSR count). The number of aryl methyl sites for hydroxylation is 1. The Morgan fingerprint density at radius 1 is 1.15 bits per heavy atom. The van der Waals surface area contributed by atoms with E-state index < -0.39 is 0 Å². The van der Waals surface area contributed by atoms with Gasteiger partial charge in [0.15, 0.2) is 5.96 Å². The number of rotatable bonds is 5. The van der Waals surface area contributed by atoms with Gasteiger partial charge in [0.1, 0.15) is 0 Å². The Balaban J connectivity index is 1.63. The molecule has 1 heterocycles. The lowest BCUT2D eigenvalue weighted by Gasteiger charge is -2.32. The van der Waals surface area contributed by atoms with Crippen LogP contribution in [0.5, 0.6) is 0 Å². The van der Waals surface area contributed by atoms with Crippen molar-refractivity contribution < 1.29 is 9.84 Å². The third-order valence-corrected chi connectivity index (χ3v) is 5.72. The van der Waals surface area contributed by atoms with Crippen molar-refractivity contribution in [3.8, 4) is 0 Å². The van der Waals surface area contributed by atoms with E-state index in [1.54, 1.807) is 0 Å². The molecule has 2 unspecified atom stereocenters. The molecule has 0 bridgehead atoms. The molecular weight excluding hydrogens is 338 g/mol. The predicted octanol–water partition coefficient (Wildman–Crippen LogP) is 3.32. The SMILES string of the molecule is CCNC(=NCC1CCCOC1c1ccc(C)cc1)NC1CCC(O)CC1. The van der Waals surface area contributed by atoms with E-state index in [-0.39, 0.29) is 12.2 Å². The number of nitrogens with zero attached hydrogens (tertiary/aromatic N) is 1. The molecule has 1 aromatic rings. The Kier molecular flexibility index (Phi) is 7.53. The minimum Gasteiger partial charge on any atom is -0.393 e. The average molecular weight is 374 g/mol. The van der Waals surface area contributed by atoms with E-state index in [0.717, 1.165) is 64.2 Å². The summed E-state index contributed by atoms with van der Waals surface area (Å²) in [4.78, 5) is 4.90. The van der Waals surface area contributed by atoms with Gasteiger partial charge in [0.2, 0.25) is 0 Å². The lowest BCUT2D eigenvalue weighted by atomic mass is 9.89. The Hall–Kier alpha value is -1.59. The highest BCUT2D eigenvalue weighted by molar-refractivity contribution is 5.80. The van der Waals surface area contributed by atoms with Gasteiger partial charge in [-0.25, -0.2) is 0 Å². The molecule has 0 amide bonds. The van der Waals surface area contributed by atoms with Crippen molar-refractivity contribution in [2.24, 2.45) is 10.9 Å². The van der Waals surface area contributed by atoms with Gasteiger partial charge in [0, 0.05) is 31.7 Å².